The molecule has 6 heteroatoms. The lowest BCUT2D eigenvalue weighted by atomic mass is 10.1. The number of aliphatic imine (C=N–C) groups is 1. The number of carbonyl (C=O) groups is 1. The summed E-state index contributed by atoms with van der Waals surface area (Å²) < 4.78 is 0. The molecule has 3 N–H and O–H groups in total. The second-order valence-corrected chi connectivity index (χ2v) is 5.56. The third-order valence-corrected chi connectivity index (χ3v) is 3.57. The van der Waals surface area contributed by atoms with Crippen molar-refractivity contribution in [2.75, 3.05) is 13.6 Å². The van der Waals surface area contributed by atoms with Crippen molar-refractivity contribution in [3.05, 3.63) is 65.5 Å². The van der Waals surface area contributed by atoms with Crippen molar-refractivity contribution in [1.82, 2.24) is 20.9 Å². The molecule has 0 saturated heterocycles. The first-order chi connectivity index (χ1) is 12.2. The highest BCUT2D eigenvalue weighted by molar-refractivity contribution is 5.94. The number of hydrogen-bond acceptors (Lipinski definition) is 3. The Labute approximate surface area is 148 Å². The van der Waals surface area contributed by atoms with Crippen molar-refractivity contribution in [2.24, 2.45) is 4.99 Å². The average Bonchev–Trinajstić information content (AvgIpc) is 2.67. The summed E-state index contributed by atoms with van der Waals surface area (Å²) in [4.78, 5) is 20.5. The molecule has 0 saturated carbocycles. The van der Waals surface area contributed by atoms with E-state index in [-0.39, 0.29) is 5.91 Å². The summed E-state index contributed by atoms with van der Waals surface area (Å²) >= 11 is 0. The molecular formula is C19H25N5O. The van der Waals surface area contributed by atoms with Crippen LogP contribution in [0.4, 0.5) is 0 Å². The minimum Gasteiger partial charge on any atom is -0.352 e. The smallest absolute Gasteiger partial charge is 0.251 e. The molecule has 0 bridgehead atoms. The molecule has 1 aromatic carbocycles. The van der Waals surface area contributed by atoms with Crippen molar-refractivity contribution in [3.8, 4) is 0 Å². The van der Waals surface area contributed by atoms with Crippen molar-refractivity contribution < 1.29 is 4.79 Å². The number of rotatable bonds is 7. The molecule has 0 aliphatic heterocycles. The first kappa shape index (κ1) is 18.4. The maximum Gasteiger partial charge on any atom is 0.251 e. The fraction of sp³-hybridized carbons (Fsp3) is 0.316. The summed E-state index contributed by atoms with van der Waals surface area (Å²) in [6.45, 7) is 3.90. The number of nitrogens with zero attached hydrogens (tertiary/aromatic N) is 2. The Bertz CT molecular complexity index is 700. The minimum absolute atomic E-state index is 0.0404. The highest BCUT2D eigenvalue weighted by Crippen LogP contribution is 2.05. The van der Waals surface area contributed by atoms with Crippen LogP contribution in [-0.2, 0) is 13.1 Å². The first-order valence-electron chi connectivity index (χ1n) is 8.44. The number of amides is 1. The number of aromatic nitrogens is 1. The van der Waals surface area contributed by atoms with Crippen LogP contribution >= 0.6 is 0 Å². The van der Waals surface area contributed by atoms with E-state index in [1.165, 1.54) is 0 Å². The second kappa shape index (κ2) is 10.1. The lowest BCUT2D eigenvalue weighted by Gasteiger charge is -2.12. The number of benzene rings is 1. The van der Waals surface area contributed by atoms with Crippen LogP contribution in [-0.4, -0.2) is 30.4 Å². The minimum atomic E-state index is -0.0404. The molecule has 1 heterocycles. The third-order valence-electron chi connectivity index (χ3n) is 3.57. The normalized spacial score (nSPS) is 11.0. The van der Waals surface area contributed by atoms with E-state index in [4.69, 9.17) is 0 Å². The zero-order valence-corrected chi connectivity index (χ0v) is 14.7. The van der Waals surface area contributed by atoms with Crippen LogP contribution in [0.5, 0.6) is 0 Å². The Morgan fingerprint density at radius 2 is 1.92 bits per heavy atom. The third kappa shape index (κ3) is 6.25. The van der Waals surface area contributed by atoms with Gasteiger partial charge in [0.25, 0.3) is 5.91 Å². The van der Waals surface area contributed by atoms with Gasteiger partial charge in [0, 0.05) is 31.9 Å². The molecule has 132 valence electrons. The summed E-state index contributed by atoms with van der Waals surface area (Å²) in [6.07, 6.45) is 2.69. The van der Waals surface area contributed by atoms with Gasteiger partial charge in [-0.1, -0.05) is 25.1 Å². The highest BCUT2D eigenvalue weighted by atomic mass is 16.1. The molecule has 0 aliphatic carbocycles. The fourth-order valence-corrected chi connectivity index (χ4v) is 2.25. The molecule has 0 aliphatic rings. The molecule has 1 aromatic heterocycles. The molecule has 0 radical (unpaired) electrons. The zero-order valence-electron chi connectivity index (χ0n) is 14.7. The standard InChI is InChI=1S/C19H25N5O/c1-3-10-22-18(25)16-8-6-7-15(12-16)13-23-19(20-2)24-14-17-9-4-5-11-21-17/h4-9,11-12H,3,10,13-14H2,1-2H3,(H,22,25)(H2,20,23,24). The van der Waals surface area contributed by atoms with Crippen molar-refractivity contribution in [2.45, 2.75) is 26.4 Å². The van der Waals surface area contributed by atoms with Gasteiger partial charge in [0.15, 0.2) is 5.96 Å². The van der Waals surface area contributed by atoms with Crippen LogP contribution in [0.2, 0.25) is 0 Å². The Morgan fingerprint density at radius 3 is 2.64 bits per heavy atom. The summed E-state index contributed by atoms with van der Waals surface area (Å²) in [5, 5.41) is 9.35. The molecule has 2 aromatic rings. The Balaban J connectivity index is 1.87. The molecule has 0 spiro atoms. The van der Waals surface area contributed by atoms with E-state index >= 15 is 0 Å². The molecule has 1 amide bonds. The van der Waals surface area contributed by atoms with Gasteiger partial charge in [-0.15, -0.1) is 0 Å². The van der Waals surface area contributed by atoms with E-state index in [0.717, 1.165) is 17.7 Å². The van der Waals surface area contributed by atoms with Crippen molar-refractivity contribution >= 4 is 11.9 Å². The van der Waals surface area contributed by atoms with E-state index in [1.807, 2.05) is 49.4 Å². The maximum atomic E-state index is 12.0. The van der Waals surface area contributed by atoms with Gasteiger partial charge < -0.3 is 16.0 Å². The predicted molar refractivity (Wildman–Crippen MR) is 100 cm³/mol. The Hall–Kier alpha value is -2.89. The van der Waals surface area contributed by atoms with Gasteiger partial charge in [0.2, 0.25) is 0 Å². The van der Waals surface area contributed by atoms with Crippen LogP contribution in [0.25, 0.3) is 0 Å². The first-order valence-corrected chi connectivity index (χ1v) is 8.44. The second-order valence-electron chi connectivity index (χ2n) is 5.56. The topological polar surface area (TPSA) is 78.4 Å². The number of carbonyl (C=O) groups excluding carboxylic acids is 1. The lowest BCUT2D eigenvalue weighted by molar-refractivity contribution is 0.0953. The van der Waals surface area contributed by atoms with Crippen molar-refractivity contribution in [1.29, 1.82) is 0 Å². The SMILES string of the molecule is CCCNC(=O)c1cccc(CNC(=NC)NCc2ccccn2)c1. The van der Waals surface area contributed by atoms with Crippen LogP contribution in [0.1, 0.15) is 35.0 Å². The van der Waals surface area contributed by atoms with E-state index in [2.05, 4.69) is 25.9 Å². The summed E-state index contributed by atoms with van der Waals surface area (Å²) in [6, 6.07) is 13.4. The van der Waals surface area contributed by atoms with Crippen molar-refractivity contribution in [3.63, 3.8) is 0 Å². The molecule has 25 heavy (non-hydrogen) atoms. The summed E-state index contributed by atoms with van der Waals surface area (Å²) in [5.41, 5.74) is 2.63. The van der Waals surface area contributed by atoms with Gasteiger partial charge in [-0.3, -0.25) is 14.8 Å². The molecule has 6 nitrogen and oxygen atoms in total. The number of guanidine groups is 1. The summed E-state index contributed by atoms with van der Waals surface area (Å²) in [5.74, 6) is 0.646. The van der Waals surface area contributed by atoms with Crippen LogP contribution < -0.4 is 16.0 Å². The van der Waals surface area contributed by atoms with E-state index < -0.39 is 0 Å². The number of hydrogen-bond donors (Lipinski definition) is 3. The Morgan fingerprint density at radius 1 is 1.08 bits per heavy atom. The largest absolute Gasteiger partial charge is 0.352 e. The number of pyridine rings is 1. The number of nitrogens with one attached hydrogen (secondary N) is 3. The monoisotopic (exact) mass is 339 g/mol. The highest BCUT2D eigenvalue weighted by Gasteiger charge is 2.06. The lowest BCUT2D eigenvalue weighted by Crippen LogP contribution is -2.36. The van der Waals surface area contributed by atoms with Gasteiger partial charge in [-0.05, 0) is 36.2 Å². The molecular weight excluding hydrogens is 314 g/mol. The van der Waals surface area contributed by atoms with Gasteiger partial charge in [0.05, 0.1) is 12.2 Å². The Kier molecular flexibility index (Phi) is 7.43. The predicted octanol–water partition coefficient (Wildman–Crippen LogP) is 2.09. The molecule has 0 atom stereocenters. The van der Waals surface area contributed by atoms with Crippen LogP contribution in [0.15, 0.2) is 53.7 Å². The quantitative estimate of drug-likeness (QED) is 0.533. The molecule has 0 unspecified atom stereocenters. The van der Waals surface area contributed by atoms with Gasteiger partial charge in [0.1, 0.15) is 0 Å². The van der Waals surface area contributed by atoms with Crippen LogP contribution in [0.3, 0.4) is 0 Å². The zero-order chi connectivity index (χ0) is 17.9. The van der Waals surface area contributed by atoms with E-state index in [0.29, 0.717) is 31.2 Å². The van der Waals surface area contributed by atoms with Crippen LogP contribution in [0, 0.1) is 0 Å². The summed E-state index contributed by atoms with van der Waals surface area (Å²) in [7, 11) is 1.72. The maximum absolute atomic E-state index is 12.0. The molecule has 0 fully saturated rings. The van der Waals surface area contributed by atoms with Gasteiger partial charge in [-0.2, -0.15) is 0 Å². The molecule has 2 rings (SSSR count). The van der Waals surface area contributed by atoms with Gasteiger partial charge >= 0.3 is 0 Å². The van der Waals surface area contributed by atoms with Gasteiger partial charge in [-0.25, -0.2) is 0 Å². The fourth-order valence-electron chi connectivity index (χ4n) is 2.25. The van der Waals surface area contributed by atoms with E-state index in [1.54, 1.807) is 13.2 Å². The average molecular weight is 339 g/mol. The van der Waals surface area contributed by atoms with E-state index in [9.17, 15) is 4.79 Å².